The van der Waals surface area contributed by atoms with Gasteiger partial charge in [-0.1, -0.05) is 19.3 Å². The summed E-state index contributed by atoms with van der Waals surface area (Å²) in [7, 11) is 0. The van der Waals surface area contributed by atoms with E-state index in [1.165, 1.54) is 45.2 Å². The molecule has 1 aliphatic heterocycles. The molecule has 2 nitrogen and oxygen atoms in total. The lowest BCUT2D eigenvalue weighted by molar-refractivity contribution is 0.130. The van der Waals surface area contributed by atoms with Gasteiger partial charge in [-0.2, -0.15) is 0 Å². The molecule has 2 fully saturated rings. The van der Waals surface area contributed by atoms with Crippen molar-refractivity contribution in [3.05, 3.63) is 0 Å². The van der Waals surface area contributed by atoms with E-state index in [1.807, 2.05) is 0 Å². The second kappa shape index (κ2) is 10.6. The van der Waals surface area contributed by atoms with Crippen LogP contribution in [0.2, 0.25) is 0 Å². The van der Waals surface area contributed by atoms with Gasteiger partial charge in [0, 0.05) is 0 Å². The highest BCUT2D eigenvalue weighted by atomic mass is 16.3. The molecule has 0 aromatic heterocycles. The molecule has 0 atom stereocenters. The lowest BCUT2D eigenvalue weighted by Crippen LogP contribution is -2.09. The van der Waals surface area contributed by atoms with Gasteiger partial charge < -0.3 is 10.4 Å². The summed E-state index contributed by atoms with van der Waals surface area (Å²) in [5.74, 6) is 0. The predicted octanol–water partition coefficient (Wildman–Crippen LogP) is 1.93. The zero-order valence-electron chi connectivity index (χ0n) is 9.04. The zero-order valence-corrected chi connectivity index (χ0v) is 9.04. The number of aliphatic hydroxyl groups excluding tert-OH is 1. The number of nitrogens with one attached hydrogen (secondary N) is 1. The molecule has 1 saturated heterocycles. The first-order chi connectivity index (χ1) is 6.89. The summed E-state index contributed by atoms with van der Waals surface area (Å²) >= 11 is 0. The summed E-state index contributed by atoms with van der Waals surface area (Å²) in [6, 6.07) is 0. The van der Waals surface area contributed by atoms with Crippen molar-refractivity contribution in [3.63, 3.8) is 0 Å². The molecule has 0 spiro atoms. The highest BCUT2D eigenvalue weighted by molar-refractivity contribution is 4.61. The Kier molecular flexibility index (Phi) is 10.2. The molecule has 0 aromatic carbocycles. The van der Waals surface area contributed by atoms with E-state index in [0.717, 1.165) is 12.8 Å². The van der Waals surface area contributed by atoms with Gasteiger partial charge in [0.1, 0.15) is 0 Å². The van der Waals surface area contributed by atoms with Crippen LogP contribution in [0, 0.1) is 12.8 Å². The molecule has 2 aliphatic rings. The SMILES string of the molecule is C#C.C1CCNC1.OC1CCCCC1. The third kappa shape index (κ3) is 8.10. The molecule has 0 aromatic rings. The van der Waals surface area contributed by atoms with Gasteiger partial charge in [0.25, 0.3) is 0 Å². The highest BCUT2D eigenvalue weighted by Crippen LogP contribution is 2.16. The number of rotatable bonds is 0. The predicted molar refractivity (Wildman–Crippen MR) is 61.1 cm³/mol. The Balaban J connectivity index is 0.000000213. The molecule has 2 N–H and O–H groups in total. The standard InChI is InChI=1S/C6H12O.C4H9N.C2H2/c7-6-4-2-1-3-5-6;1-2-4-5-3-1;1-2/h6-7H,1-5H2;5H,1-4H2;1-2H. The van der Waals surface area contributed by atoms with Crippen molar-refractivity contribution in [1.29, 1.82) is 0 Å². The van der Waals surface area contributed by atoms with Crippen molar-refractivity contribution in [2.24, 2.45) is 0 Å². The fourth-order valence-corrected chi connectivity index (χ4v) is 1.71. The molecule has 1 heterocycles. The van der Waals surface area contributed by atoms with Gasteiger partial charge in [-0.3, -0.25) is 0 Å². The van der Waals surface area contributed by atoms with Crippen molar-refractivity contribution >= 4 is 0 Å². The maximum atomic E-state index is 8.91. The van der Waals surface area contributed by atoms with Crippen molar-refractivity contribution in [2.45, 2.75) is 51.0 Å². The summed E-state index contributed by atoms with van der Waals surface area (Å²) < 4.78 is 0. The van der Waals surface area contributed by atoms with Gasteiger partial charge >= 0.3 is 0 Å². The molecule has 0 radical (unpaired) electrons. The number of hydrogen-bond acceptors (Lipinski definition) is 2. The molecule has 1 aliphatic carbocycles. The summed E-state index contributed by atoms with van der Waals surface area (Å²) in [6.07, 6.45) is 16.7. The Morgan fingerprint density at radius 2 is 1.36 bits per heavy atom. The van der Waals surface area contributed by atoms with Crippen LogP contribution in [0.4, 0.5) is 0 Å². The lowest BCUT2D eigenvalue weighted by Gasteiger charge is -2.14. The van der Waals surface area contributed by atoms with Crippen LogP contribution in [0.15, 0.2) is 0 Å². The Morgan fingerprint density at radius 1 is 0.857 bits per heavy atom. The minimum Gasteiger partial charge on any atom is -0.393 e. The molecule has 0 amide bonds. The van der Waals surface area contributed by atoms with E-state index < -0.39 is 0 Å². The molecule has 14 heavy (non-hydrogen) atoms. The zero-order chi connectivity index (χ0) is 10.6. The summed E-state index contributed by atoms with van der Waals surface area (Å²) in [6.45, 7) is 2.50. The Morgan fingerprint density at radius 3 is 1.57 bits per heavy atom. The Labute approximate surface area is 88.1 Å². The van der Waals surface area contributed by atoms with Crippen LogP contribution >= 0.6 is 0 Å². The molecule has 82 valence electrons. The van der Waals surface area contributed by atoms with Gasteiger partial charge in [0.2, 0.25) is 0 Å². The lowest BCUT2D eigenvalue weighted by atomic mass is 9.98. The van der Waals surface area contributed by atoms with Crippen LogP contribution < -0.4 is 5.32 Å². The monoisotopic (exact) mass is 197 g/mol. The number of hydrogen-bond donors (Lipinski definition) is 2. The van der Waals surface area contributed by atoms with Crippen molar-refractivity contribution in [1.82, 2.24) is 5.32 Å². The van der Waals surface area contributed by atoms with Gasteiger partial charge in [-0.05, 0) is 38.8 Å². The first-order valence-corrected chi connectivity index (χ1v) is 5.62. The van der Waals surface area contributed by atoms with Crippen LogP contribution in [-0.2, 0) is 0 Å². The maximum absolute atomic E-state index is 8.91. The molecule has 2 heteroatoms. The smallest absolute Gasteiger partial charge is 0.0540 e. The number of aliphatic hydroxyl groups is 1. The van der Waals surface area contributed by atoms with Gasteiger partial charge in [-0.15, -0.1) is 12.8 Å². The van der Waals surface area contributed by atoms with E-state index in [1.54, 1.807) is 0 Å². The van der Waals surface area contributed by atoms with Crippen LogP contribution in [0.1, 0.15) is 44.9 Å². The second-order valence-electron chi connectivity index (χ2n) is 3.75. The average Bonchev–Trinajstić information content (AvgIpc) is 2.80. The normalized spacial score (nSPS) is 21.4. The number of terminal acetylenes is 1. The summed E-state index contributed by atoms with van der Waals surface area (Å²) in [4.78, 5) is 0. The quantitative estimate of drug-likeness (QED) is 0.582. The minimum atomic E-state index is 0.0359. The second-order valence-corrected chi connectivity index (χ2v) is 3.75. The summed E-state index contributed by atoms with van der Waals surface area (Å²) in [5, 5.41) is 12.1. The third-order valence-electron chi connectivity index (χ3n) is 2.53. The van der Waals surface area contributed by atoms with Crippen LogP contribution in [0.5, 0.6) is 0 Å². The largest absolute Gasteiger partial charge is 0.393 e. The minimum absolute atomic E-state index is 0.0359. The Bertz CT molecular complexity index is 116. The topological polar surface area (TPSA) is 32.3 Å². The molecular weight excluding hydrogens is 174 g/mol. The van der Waals surface area contributed by atoms with Crippen molar-refractivity contribution < 1.29 is 5.11 Å². The van der Waals surface area contributed by atoms with E-state index >= 15 is 0 Å². The van der Waals surface area contributed by atoms with E-state index in [4.69, 9.17) is 5.11 Å². The van der Waals surface area contributed by atoms with Crippen LogP contribution in [0.3, 0.4) is 0 Å². The molecule has 2 rings (SSSR count). The van der Waals surface area contributed by atoms with Crippen molar-refractivity contribution in [2.75, 3.05) is 13.1 Å². The molecule has 0 unspecified atom stereocenters. The van der Waals surface area contributed by atoms with E-state index in [0.29, 0.717) is 0 Å². The van der Waals surface area contributed by atoms with Gasteiger partial charge in [-0.25, -0.2) is 0 Å². The van der Waals surface area contributed by atoms with E-state index in [-0.39, 0.29) is 6.10 Å². The Hall–Kier alpha value is -0.520. The first-order valence-electron chi connectivity index (χ1n) is 5.62. The van der Waals surface area contributed by atoms with Crippen molar-refractivity contribution in [3.8, 4) is 12.8 Å². The van der Waals surface area contributed by atoms with Crippen LogP contribution in [0.25, 0.3) is 0 Å². The van der Waals surface area contributed by atoms with Gasteiger partial charge in [0.05, 0.1) is 6.10 Å². The third-order valence-corrected chi connectivity index (χ3v) is 2.53. The fourth-order valence-electron chi connectivity index (χ4n) is 1.71. The summed E-state index contributed by atoms with van der Waals surface area (Å²) in [5.41, 5.74) is 0. The van der Waals surface area contributed by atoms with Crippen LogP contribution in [-0.4, -0.2) is 24.3 Å². The molecule has 0 bridgehead atoms. The molecular formula is C12H23NO. The average molecular weight is 197 g/mol. The first kappa shape index (κ1) is 13.5. The van der Waals surface area contributed by atoms with E-state index in [2.05, 4.69) is 18.2 Å². The maximum Gasteiger partial charge on any atom is 0.0540 e. The molecule has 1 saturated carbocycles. The van der Waals surface area contributed by atoms with Gasteiger partial charge in [0.15, 0.2) is 0 Å². The highest BCUT2D eigenvalue weighted by Gasteiger charge is 2.07. The fraction of sp³-hybridized carbons (Fsp3) is 0.833. The van der Waals surface area contributed by atoms with E-state index in [9.17, 15) is 0 Å².